The molecule has 0 bridgehead atoms. The highest BCUT2D eigenvalue weighted by atomic mass is 16.1. The number of amidine groups is 1. The average molecular weight is 369 g/mol. The molecule has 1 aromatic heterocycles. The minimum absolute atomic E-state index is 0.274. The molecular formula is C24H23N3O. The summed E-state index contributed by atoms with van der Waals surface area (Å²) >= 11 is 0. The number of hydrogen-bond donors (Lipinski definition) is 1. The largest absolute Gasteiger partial charge is 0.307 e. The first-order chi connectivity index (χ1) is 13.6. The third kappa shape index (κ3) is 5.11. The summed E-state index contributed by atoms with van der Waals surface area (Å²) in [5.74, 6) is 0.141. The highest BCUT2D eigenvalue weighted by molar-refractivity contribution is 6.15. The van der Waals surface area contributed by atoms with Crippen LogP contribution < -0.4 is 5.32 Å². The number of aromatic nitrogens is 1. The van der Waals surface area contributed by atoms with Gasteiger partial charge in [0.15, 0.2) is 0 Å². The molecule has 140 valence electrons. The number of fused-ring (bicyclic) bond motifs is 1. The summed E-state index contributed by atoms with van der Waals surface area (Å²) in [7, 11) is 0. The standard InChI is InChI=1S/C24H23N3O/c1-5-9-14-18(12-6-2)22-17-20(19-15-10-11-16-21(19)26-22)24(28)27-23(13-7-3)25-8-4/h5-17H,1-2,4H2,3H3,(H,25,27,28)/b13-7-,14-9-,18-12+. The van der Waals surface area contributed by atoms with E-state index in [0.717, 1.165) is 16.5 Å². The van der Waals surface area contributed by atoms with E-state index < -0.39 is 0 Å². The predicted octanol–water partition coefficient (Wildman–Crippen LogP) is 5.39. The first kappa shape index (κ1) is 20.5. The van der Waals surface area contributed by atoms with E-state index in [0.29, 0.717) is 17.1 Å². The van der Waals surface area contributed by atoms with E-state index in [1.807, 2.05) is 49.4 Å². The van der Waals surface area contributed by atoms with E-state index in [2.05, 4.69) is 30.0 Å². The highest BCUT2D eigenvalue weighted by Crippen LogP contribution is 2.23. The second-order valence-electron chi connectivity index (χ2n) is 5.68. The second-order valence-corrected chi connectivity index (χ2v) is 5.68. The Balaban J connectivity index is 2.62. The molecule has 0 radical (unpaired) electrons. The summed E-state index contributed by atoms with van der Waals surface area (Å²) in [5.41, 5.74) is 2.71. The molecule has 1 N–H and O–H groups in total. The van der Waals surface area contributed by atoms with Crippen molar-refractivity contribution in [3.05, 3.63) is 110 Å². The maximum Gasteiger partial charge on any atom is 0.257 e. The molecule has 1 aromatic carbocycles. The van der Waals surface area contributed by atoms with Gasteiger partial charge in [0.1, 0.15) is 5.84 Å². The number of para-hydroxylation sites is 1. The zero-order chi connectivity index (χ0) is 20.4. The van der Waals surface area contributed by atoms with Gasteiger partial charge in [-0.1, -0.05) is 74.4 Å². The Hall–Kier alpha value is -3.79. The zero-order valence-electron chi connectivity index (χ0n) is 15.9. The van der Waals surface area contributed by atoms with Gasteiger partial charge in [-0.15, -0.1) is 0 Å². The van der Waals surface area contributed by atoms with Gasteiger partial charge in [-0.25, -0.2) is 9.98 Å². The van der Waals surface area contributed by atoms with Crippen molar-refractivity contribution in [2.45, 2.75) is 6.92 Å². The number of carbonyl (C=O) groups excluding carboxylic acids is 1. The fourth-order valence-electron chi connectivity index (χ4n) is 2.59. The lowest BCUT2D eigenvalue weighted by atomic mass is 10.0. The number of aliphatic imine (C=N–C) groups is 1. The van der Waals surface area contributed by atoms with Crippen molar-refractivity contribution in [2.24, 2.45) is 4.99 Å². The molecule has 0 saturated heterocycles. The van der Waals surface area contributed by atoms with Gasteiger partial charge in [0, 0.05) is 17.2 Å². The molecular weight excluding hydrogens is 346 g/mol. The molecule has 0 atom stereocenters. The van der Waals surface area contributed by atoms with Crippen molar-refractivity contribution >= 4 is 28.2 Å². The summed E-state index contributed by atoms with van der Waals surface area (Å²) in [6.07, 6.45) is 13.8. The van der Waals surface area contributed by atoms with E-state index >= 15 is 0 Å². The van der Waals surface area contributed by atoms with Crippen molar-refractivity contribution in [3.63, 3.8) is 0 Å². The number of carbonyl (C=O) groups is 1. The van der Waals surface area contributed by atoms with Crippen LogP contribution in [0.25, 0.3) is 16.5 Å². The quantitative estimate of drug-likeness (QED) is 0.404. The summed E-state index contributed by atoms with van der Waals surface area (Å²) in [4.78, 5) is 21.8. The van der Waals surface area contributed by atoms with Crippen molar-refractivity contribution in [1.82, 2.24) is 10.3 Å². The van der Waals surface area contributed by atoms with E-state index in [1.54, 1.807) is 30.4 Å². The van der Waals surface area contributed by atoms with Gasteiger partial charge in [-0.2, -0.15) is 0 Å². The smallest absolute Gasteiger partial charge is 0.257 e. The Morgan fingerprint density at radius 1 is 1.14 bits per heavy atom. The summed E-state index contributed by atoms with van der Waals surface area (Å²) < 4.78 is 0. The normalized spacial score (nSPS) is 12.5. The number of nitrogens with zero attached hydrogens (tertiary/aromatic N) is 2. The van der Waals surface area contributed by atoms with E-state index in [4.69, 9.17) is 4.98 Å². The SMILES string of the molecule is C=C/C=C\C(=C/C=C)c1cc(C(=O)NC(/C=C\C)=N/C=C)c2ccccc2n1. The first-order valence-corrected chi connectivity index (χ1v) is 8.79. The molecule has 1 heterocycles. The van der Waals surface area contributed by atoms with Gasteiger partial charge in [-0.3, -0.25) is 4.79 Å². The monoisotopic (exact) mass is 369 g/mol. The van der Waals surface area contributed by atoms with Crippen LogP contribution in [0.3, 0.4) is 0 Å². The molecule has 0 fully saturated rings. The summed E-state index contributed by atoms with van der Waals surface area (Å²) in [5, 5.41) is 3.58. The Morgan fingerprint density at radius 3 is 2.61 bits per heavy atom. The van der Waals surface area contributed by atoms with Gasteiger partial charge < -0.3 is 5.32 Å². The van der Waals surface area contributed by atoms with Crippen LogP contribution in [0.5, 0.6) is 0 Å². The van der Waals surface area contributed by atoms with Crippen LogP contribution in [-0.2, 0) is 0 Å². The fraction of sp³-hybridized carbons (Fsp3) is 0.0417. The van der Waals surface area contributed by atoms with Crippen LogP contribution in [0, 0.1) is 0 Å². The Morgan fingerprint density at radius 2 is 1.93 bits per heavy atom. The highest BCUT2D eigenvalue weighted by Gasteiger charge is 2.15. The summed E-state index contributed by atoms with van der Waals surface area (Å²) in [6, 6.07) is 9.28. The van der Waals surface area contributed by atoms with Crippen LogP contribution in [0.2, 0.25) is 0 Å². The number of allylic oxidation sites excluding steroid dienone is 7. The number of benzene rings is 1. The number of nitrogens with one attached hydrogen (secondary N) is 1. The predicted molar refractivity (Wildman–Crippen MR) is 119 cm³/mol. The third-order valence-electron chi connectivity index (χ3n) is 3.76. The Bertz CT molecular complexity index is 1020. The van der Waals surface area contributed by atoms with Gasteiger partial charge >= 0.3 is 0 Å². The van der Waals surface area contributed by atoms with Gasteiger partial charge in [0.05, 0.1) is 16.8 Å². The molecule has 4 heteroatoms. The molecule has 28 heavy (non-hydrogen) atoms. The summed E-state index contributed by atoms with van der Waals surface area (Å²) in [6.45, 7) is 12.9. The van der Waals surface area contributed by atoms with Crippen LogP contribution in [0.1, 0.15) is 23.0 Å². The molecule has 0 spiro atoms. The lowest BCUT2D eigenvalue weighted by Crippen LogP contribution is -2.29. The van der Waals surface area contributed by atoms with E-state index in [-0.39, 0.29) is 5.91 Å². The van der Waals surface area contributed by atoms with Gasteiger partial charge in [0.25, 0.3) is 5.91 Å². The van der Waals surface area contributed by atoms with Crippen LogP contribution in [0.15, 0.2) is 104 Å². The first-order valence-electron chi connectivity index (χ1n) is 8.79. The van der Waals surface area contributed by atoms with Crippen LogP contribution in [0.4, 0.5) is 0 Å². The van der Waals surface area contributed by atoms with E-state index in [1.165, 1.54) is 6.20 Å². The van der Waals surface area contributed by atoms with Crippen molar-refractivity contribution in [3.8, 4) is 0 Å². The molecule has 0 aliphatic heterocycles. The maximum absolute atomic E-state index is 13.0. The second kappa shape index (κ2) is 10.4. The zero-order valence-corrected chi connectivity index (χ0v) is 15.9. The lowest BCUT2D eigenvalue weighted by Gasteiger charge is -2.11. The maximum atomic E-state index is 13.0. The topological polar surface area (TPSA) is 54.4 Å². The number of hydrogen-bond acceptors (Lipinski definition) is 3. The van der Waals surface area contributed by atoms with Crippen molar-refractivity contribution < 1.29 is 4.79 Å². The van der Waals surface area contributed by atoms with Crippen molar-refractivity contribution in [2.75, 3.05) is 0 Å². The van der Waals surface area contributed by atoms with Crippen molar-refractivity contribution in [1.29, 1.82) is 0 Å². The number of amides is 1. The minimum atomic E-state index is -0.274. The van der Waals surface area contributed by atoms with Gasteiger partial charge in [-0.05, 0) is 25.1 Å². The van der Waals surface area contributed by atoms with Crippen LogP contribution in [-0.4, -0.2) is 16.7 Å². The molecule has 0 aliphatic carbocycles. The van der Waals surface area contributed by atoms with Gasteiger partial charge in [0.2, 0.25) is 0 Å². The molecule has 2 rings (SSSR count). The fourth-order valence-corrected chi connectivity index (χ4v) is 2.59. The van der Waals surface area contributed by atoms with E-state index in [9.17, 15) is 4.79 Å². The Kier molecular flexibility index (Phi) is 7.61. The third-order valence-corrected chi connectivity index (χ3v) is 3.76. The molecule has 1 amide bonds. The molecule has 4 nitrogen and oxygen atoms in total. The lowest BCUT2D eigenvalue weighted by molar-refractivity contribution is 0.0979. The average Bonchev–Trinajstić information content (AvgIpc) is 2.70. The molecule has 0 aliphatic rings. The number of pyridine rings is 1. The minimum Gasteiger partial charge on any atom is -0.307 e. The molecule has 0 saturated carbocycles. The molecule has 2 aromatic rings. The Labute approximate surface area is 165 Å². The van der Waals surface area contributed by atoms with Crippen LogP contribution >= 0.6 is 0 Å². The molecule has 0 unspecified atom stereocenters. The number of rotatable bonds is 7.